The van der Waals surface area contributed by atoms with Crippen LogP contribution in [0.1, 0.15) is 16.7 Å². The van der Waals surface area contributed by atoms with Gasteiger partial charge in [-0.2, -0.15) is 31.6 Å². The number of benzene rings is 9. The Morgan fingerprint density at radius 1 is 0.412 bits per heavy atom. The van der Waals surface area contributed by atoms with Crippen molar-refractivity contribution in [2.24, 2.45) is 0 Å². The maximum absolute atomic E-state index is 15.0. The van der Waals surface area contributed by atoms with E-state index in [2.05, 4.69) is 53.1 Å². The van der Waals surface area contributed by atoms with Gasteiger partial charge in [0.15, 0.2) is 0 Å². The number of hydrogen-bond acceptors (Lipinski definition) is 3. The molecule has 0 saturated carbocycles. The maximum atomic E-state index is 15.0. The van der Waals surface area contributed by atoms with Gasteiger partial charge in [0.2, 0.25) is 0 Å². The van der Waals surface area contributed by atoms with E-state index in [0.29, 0.717) is 51.2 Å². The largest absolute Gasteiger partial charge is 0.417 e. The van der Waals surface area contributed by atoms with E-state index >= 15 is 0 Å². The molecule has 0 fully saturated rings. The van der Waals surface area contributed by atoms with E-state index in [1.165, 1.54) is 12.1 Å². The van der Waals surface area contributed by atoms with Gasteiger partial charge >= 0.3 is 12.4 Å². The topological polar surface area (TPSA) is 33.6 Å². The average molecular weight is 934 g/mol. The van der Waals surface area contributed by atoms with Crippen molar-refractivity contribution < 1.29 is 26.3 Å². The Balaban J connectivity index is 1.18. The molecule has 0 bridgehead atoms. The van der Waals surface area contributed by atoms with Crippen LogP contribution >= 0.6 is 22.7 Å². The SMILES string of the molecule is N#Cc1ccc(-n2c3ccccc3c3c4sc5ccccc5c4ccc32)c(-c2ccc(-c3c(C(F)(F)F)cccc3C(F)(F)F)cc2-n2c3ccccc3c3c4sc5ccccc5c4ccc32)c1. The van der Waals surface area contributed by atoms with Gasteiger partial charge in [0.25, 0.3) is 0 Å². The fraction of sp³-hybridized carbons (Fsp3) is 0.0351. The van der Waals surface area contributed by atoms with Crippen molar-refractivity contribution in [1.82, 2.24) is 9.13 Å². The average Bonchev–Trinajstić information content (AvgIpc) is 4.10. The highest BCUT2D eigenvalue weighted by Gasteiger charge is 2.41. The number of nitrogens with zero attached hydrogens (tertiary/aromatic N) is 3. The summed E-state index contributed by atoms with van der Waals surface area (Å²) in [4.78, 5) is 0. The molecule has 0 radical (unpaired) electrons. The summed E-state index contributed by atoms with van der Waals surface area (Å²) in [6, 6.07) is 54.7. The first-order valence-electron chi connectivity index (χ1n) is 21.6. The van der Waals surface area contributed by atoms with Crippen LogP contribution in [0.15, 0.2) is 176 Å². The normalized spacial score (nSPS) is 12.5. The van der Waals surface area contributed by atoms with Crippen molar-refractivity contribution >= 4 is 107 Å². The first-order valence-corrected chi connectivity index (χ1v) is 23.2. The molecule has 4 aromatic heterocycles. The molecular formula is C57H29F6N3S2. The molecule has 3 nitrogen and oxygen atoms in total. The van der Waals surface area contributed by atoms with Crippen molar-refractivity contribution in [3.8, 4) is 39.7 Å². The number of rotatable bonds is 4. The van der Waals surface area contributed by atoms with E-state index < -0.39 is 29.0 Å². The third-order valence-corrected chi connectivity index (χ3v) is 15.6. The van der Waals surface area contributed by atoms with Crippen LogP contribution in [-0.4, -0.2) is 9.13 Å². The molecule has 0 aliphatic rings. The molecule has 326 valence electrons. The minimum atomic E-state index is -5.11. The molecule has 0 atom stereocenters. The first kappa shape index (κ1) is 40.4. The van der Waals surface area contributed by atoms with E-state index in [9.17, 15) is 31.6 Å². The predicted octanol–water partition coefficient (Wildman–Crippen LogP) is 17.9. The molecule has 13 rings (SSSR count). The lowest BCUT2D eigenvalue weighted by molar-refractivity contribution is -0.142. The third kappa shape index (κ3) is 5.84. The summed E-state index contributed by atoms with van der Waals surface area (Å²) < 4.78 is 98.3. The van der Waals surface area contributed by atoms with E-state index in [1.807, 2.05) is 89.5 Å². The second kappa shape index (κ2) is 14.5. The number of halogens is 6. The molecule has 0 N–H and O–H groups in total. The Labute approximate surface area is 390 Å². The van der Waals surface area contributed by atoms with Crippen LogP contribution in [0.4, 0.5) is 26.3 Å². The summed E-state index contributed by atoms with van der Waals surface area (Å²) in [5.74, 6) is 0. The summed E-state index contributed by atoms with van der Waals surface area (Å²) >= 11 is 3.34. The zero-order valence-electron chi connectivity index (χ0n) is 35.2. The van der Waals surface area contributed by atoms with Gasteiger partial charge in [-0.15, -0.1) is 22.7 Å². The highest BCUT2D eigenvalue weighted by atomic mass is 32.1. The van der Waals surface area contributed by atoms with Gasteiger partial charge in [-0.05, 0) is 78.4 Å². The quantitative estimate of drug-likeness (QED) is 0.162. The Bertz CT molecular complexity index is 4300. The van der Waals surface area contributed by atoms with Crippen molar-refractivity contribution in [2.45, 2.75) is 12.4 Å². The summed E-state index contributed by atoms with van der Waals surface area (Å²) in [5.41, 5.74) is 1.55. The van der Waals surface area contributed by atoms with E-state index in [0.717, 1.165) is 79.0 Å². The Kier molecular flexibility index (Phi) is 8.63. The first-order chi connectivity index (χ1) is 33.0. The molecular weight excluding hydrogens is 905 g/mol. The van der Waals surface area contributed by atoms with E-state index in [4.69, 9.17) is 0 Å². The minimum Gasteiger partial charge on any atom is -0.309 e. The number of nitriles is 1. The molecule has 0 amide bonds. The fourth-order valence-electron chi connectivity index (χ4n) is 10.4. The Morgan fingerprint density at radius 3 is 1.44 bits per heavy atom. The van der Waals surface area contributed by atoms with Gasteiger partial charge in [-0.1, -0.05) is 103 Å². The van der Waals surface area contributed by atoms with Crippen molar-refractivity contribution in [1.29, 1.82) is 5.26 Å². The lowest BCUT2D eigenvalue weighted by atomic mass is 9.90. The molecule has 13 aromatic rings. The molecule has 4 heterocycles. The fourth-order valence-corrected chi connectivity index (χ4v) is 13.0. The second-order valence-electron chi connectivity index (χ2n) is 16.9. The lowest BCUT2D eigenvalue weighted by Gasteiger charge is -2.22. The third-order valence-electron chi connectivity index (χ3n) is 13.2. The summed E-state index contributed by atoms with van der Waals surface area (Å²) in [5, 5.41) is 18.7. The van der Waals surface area contributed by atoms with Crippen LogP contribution in [0.3, 0.4) is 0 Å². The summed E-state index contributed by atoms with van der Waals surface area (Å²) in [6.07, 6.45) is -10.2. The van der Waals surface area contributed by atoms with Gasteiger partial charge in [0.05, 0.1) is 56.2 Å². The van der Waals surface area contributed by atoms with Gasteiger partial charge in [0, 0.05) is 78.6 Å². The van der Waals surface area contributed by atoms with Gasteiger partial charge in [-0.3, -0.25) is 0 Å². The van der Waals surface area contributed by atoms with Crippen LogP contribution in [0.5, 0.6) is 0 Å². The van der Waals surface area contributed by atoms with Gasteiger partial charge in [0.1, 0.15) is 0 Å². The van der Waals surface area contributed by atoms with Crippen LogP contribution in [0, 0.1) is 11.3 Å². The number of fused-ring (bicyclic) bond motifs is 14. The minimum absolute atomic E-state index is 0.264. The highest BCUT2D eigenvalue weighted by Crippen LogP contribution is 2.50. The molecule has 0 unspecified atom stereocenters. The van der Waals surface area contributed by atoms with Crippen molar-refractivity contribution in [3.63, 3.8) is 0 Å². The molecule has 11 heteroatoms. The number of hydrogen-bond donors (Lipinski definition) is 0. The summed E-state index contributed by atoms with van der Waals surface area (Å²) in [6.45, 7) is 0. The standard InChI is InChI=1S/C57H29F6N3S2/c58-56(59,60)41-14-9-15-42(57(61,62)63)51(41)32-21-22-33(48(29-32)66-44-17-6-2-13-39(44)53-47(66)27-24-37-35-11-4-8-19-50(35)68-55(37)53)40-28-31(30-64)20-25-45(40)65-43-16-5-1-12-38(43)52-46(65)26-23-36-34-10-3-7-18-49(34)67-54(36)52/h1-29H. The molecule has 0 saturated heterocycles. The van der Waals surface area contributed by atoms with Crippen LogP contribution in [0.25, 0.3) is 118 Å². The second-order valence-corrected chi connectivity index (χ2v) is 19.0. The zero-order chi connectivity index (χ0) is 46.2. The molecule has 0 aliphatic heterocycles. The summed E-state index contributed by atoms with van der Waals surface area (Å²) in [7, 11) is 0. The van der Waals surface area contributed by atoms with Gasteiger partial charge in [-0.25, -0.2) is 0 Å². The van der Waals surface area contributed by atoms with Crippen LogP contribution < -0.4 is 0 Å². The molecule has 9 aromatic carbocycles. The van der Waals surface area contributed by atoms with E-state index in [-0.39, 0.29) is 5.56 Å². The number of thiophene rings is 2. The van der Waals surface area contributed by atoms with Gasteiger partial charge < -0.3 is 9.13 Å². The number of alkyl halides is 6. The van der Waals surface area contributed by atoms with Crippen LogP contribution in [-0.2, 0) is 12.4 Å². The zero-order valence-corrected chi connectivity index (χ0v) is 36.8. The van der Waals surface area contributed by atoms with E-state index in [1.54, 1.807) is 40.9 Å². The van der Waals surface area contributed by atoms with Crippen molar-refractivity contribution in [2.75, 3.05) is 0 Å². The Morgan fingerprint density at radius 2 is 0.912 bits per heavy atom. The molecule has 0 aliphatic carbocycles. The lowest BCUT2D eigenvalue weighted by Crippen LogP contribution is -2.14. The highest BCUT2D eigenvalue weighted by molar-refractivity contribution is 7.27. The van der Waals surface area contributed by atoms with Crippen LogP contribution in [0.2, 0.25) is 0 Å². The molecule has 0 spiro atoms. The number of aromatic nitrogens is 2. The maximum Gasteiger partial charge on any atom is 0.417 e. The monoisotopic (exact) mass is 933 g/mol. The predicted molar refractivity (Wildman–Crippen MR) is 266 cm³/mol. The molecule has 68 heavy (non-hydrogen) atoms. The number of para-hydroxylation sites is 2. The van der Waals surface area contributed by atoms with Crippen molar-refractivity contribution in [3.05, 3.63) is 193 Å². The smallest absolute Gasteiger partial charge is 0.309 e. The Hall–Kier alpha value is -7.91.